The zero-order valence-electron chi connectivity index (χ0n) is 13.4. The minimum absolute atomic E-state index is 0.161. The highest BCUT2D eigenvalue weighted by Crippen LogP contribution is 2.31. The Labute approximate surface area is 130 Å². The number of rotatable bonds is 4. The maximum Gasteiger partial charge on any atom is 0.278 e. The second-order valence-electron chi connectivity index (χ2n) is 4.96. The molecular weight excluding hydrogens is 276 g/mol. The number of nitrogens with zero attached hydrogens (tertiary/aromatic N) is 2. The Bertz CT molecular complexity index is 795. The molecule has 0 radical (unpaired) electrons. The second-order valence-corrected chi connectivity index (χ2v) is 4.96. The monoisotopic (exact) mass is 296 g/mol. The molecule has 2 rings (SSSR count). The summed E-state index contributed by atoms with van der Waals surface area (Å²) in [5, 5.41) is 4.32. The van der Waals surface area contributed by atoms with Crippen molar-refractivity contribution in [1.29, 1.82) is 0 Å². The molecule has 0 saturated carbocycles. The molecule has 0 unspecified atom stereocenters. The fourth-order valence-corrected chi connectivity index (χ4v) is 2.33. The van der Waals surface area contributed by atoms with Crippen LogP contribution in [0.15, 0.2) is 29.1 Å². The number of aryl methyl sites for hydroxylation is 3. The fourth-order valence-electron chi connectivity index (χ4n) is 2.33. The van der Waals surface area contributed by atoms with Crippen LogP contribution in [0.3, 0.4) is 0 Å². The van der Waals surface area contributed by atoms with Crippen LogP contribution in [0.5, 0.6) is 5.75 Å². The van der Waals surface area contributed by atoms with E-state index in [0.29, 0.717) is 17.7 Å². The molecular formula is C18H20N2O2. The standard InChI is InChI=1S/C18H20N2O2/c1-5-7-12-22-17-15(6-2)19-20(4)18(21)16(17)14-11-9-8-10-13(14)3/h8-11H,6,12H2,1-4H3. The summed E-state index contributed by atoms with van der Waals surface area (Å²) in [7, 11) is 1.67. The molecule has 2 aromatic rings. The van der Waals surface area contributed by atoms with Gasteiger partial charge in [-0.1, -0.05) is 37.1 Å². The van der Waals surface area contributed by atoms with Crippen LogP contribution in [-0.4, -0.2) is 16.4 Å². The van der Waals surface area contributed by atoms with E-state index in [1.54, 1.807) is 14.0 Å². The zero-order chi connectivity index (χ0) is 16.1. The van der Waals surface area contributed by atoms with E-state index in [2.05, 4.69) is 16.9 Å². The Morgan fingerprint density at radius 2 is 2.05 bits per heavy atom. The third-order valence-corrected chi connectivity index (χ3v) is 3.48. The first-order chi connectivity index (χ1) is 10.6. The average Bonchev–Trinajstić information content (AvgIpc) is 2.52. The molecule has 22 heavy (non-hydrogen) atoms. The second kappa shape index (κ2) is 6.95. The van der Waals surface area contributed by atoms with Gasteiger partial charge in [0.25, 0.3) is 5.56 Å². The van der Waals surface area contributed by atoms with Gasteiger partial charge in [0.2, 0.25) is 0 Å². The molecule has 0 fully saturated rings. The normalized spacial score (nSPS) is 10.0. The van der Waals surface area contributed by atoms with Crippen molar-refractivity contribution in [2.75, 3.05) is 6.61 Å². The van der Waals surface area contributed by atoms with Crippen LogP contribution in [0.4, 0.5) is 0 Å². The highest BCUT2D eigenvalue weighted by atomic mass is 16.5. The molecule has 1 aromatic heterocycles. The molecule has 0 aliphatic rings. The molecule has 4 heteroatoms. The lowest BCUT2D eigenvalue weighted by atomic mass is 10.00. The molecule has 0 aliphatic carbocycles. The summed E-state index contributed by atoms with van der Waals surface area (Å²) in [6, 6.07) is 7.79. The Kier molecular flexibility index (Phi) is 5.00. The van der Waals surface area contributed by atoms with E-state index in [9.17, 15) is 4.79 Å². The van der Waals surface area contributed by atoms with Crippen molar-refractivity contribution in [3.05, 3.63) is 45.9 Å². The Hall–Kier alpha value is -2.54. The molecule has 0 saturated heterocycles. The minimum Gasteiger partial charge on any atom is -0.478 e. The van der Waals surface area contributed by atoms with Crippen LogP contribution in [0.25, 0.3) is 11.1 Å². The van der Waals surface area contributed by atoms with Crippen LogP contribution in [-0.2, 0) is 13.5 Å². The van der Waals surface area contributed by atoms with Gasteiger partial charge in [0.1, 0.15) is 12.3 Å². The predicted molar refractivity (Wildman–Crippen MR) is 88.0 cm³/mol. The van der Waals surface area contributed by atoms with Gasteiger partial charge >= 0.3 is 0 Å². The summed E-state index contributed by atoms with van der Waals surface area (Å²) in [4.78, 5) is 12.6. The average molecular weight is 296 g/mol. The van der Waals surface area contributed by atoms with Gasteiger partial charge in [-0.05, 0) is 31.4 Å². The lowest BCUT2D eigenvalue weighted by Gasteiger charge is -2.15. The molecule has 0 atom stereocenters. The molecule has 0 aliphatic heterocycles. The van der Waals surface area contributed by atoms with E-state index < -0.39 is 0 Å². The first kappa shape index (κ1) is 15.8. The van der Waals surface area contributed by atoms with Crippen molar-refractivity contribution < 1.29 is 4.74 Å². The topological polar surface area (TPSA) is 44.1 Å². The quantitative estimate of drug-likeness (QED) is 0.815. The molecule has 1 aromatic carbocycles. The highest BCUT2D eigenvalue weighted by Gasteiger charge is 2.19. The van der Waals surface area contributed by atoms with Crippen molar-refractivity contribution in [3.8, 4) is 28.7 Å². The molecule has 0 amide bonds. The maximum atomic E-state index is 12.6. The Morgan fingerprint density at radius 3 is 2.68 bits per heavy atom. The predicted octanol–water partition coefficient (Wildman–Crippen LogP) is 2.72. The van der Waals surface area contributed by atoms with Crippen molar-refractivity contribution in [2.45, 2.75) is 27.2 Å². The number of hydrogen-bond acceptors (Lipinski definition) is 3. The third kappa shape index (κ3) is 3.04. The largest absolute Gasteiger partial charge is 0.478 e. The van der Waals surface area contributed by atoms with Crippen LogP contribution >= 0.6 is 0 Å². The van der Waals surface area contributed by atoms with Crippen molar-refractivity contribution >= 4 is 0 Å². The summed E-state index contributed by atoms with van der Waals surface area (Å²) in [5.74, 6) is 6.20. The molecule has 1 heterocycles. The van der Waals surface area contributed by atoms with Gasteiger partial charge in [0.05, 0.1) is 5.56 Å². The maximum absolute atomic E-state index is 12.6. The van der Waals surface area contributed by atoms with Crippen molar-refractivity contribution in [1.82, 2.24) is 9.78 Å². The van der Waals surface area contributed by atoms with Gasteiger partial charge < -0.3 is 4.74 Å². The molecule has 4 nitrogen and oxygen atoms in total. The molecule has 0 N–H and O–H groups in total. The molecule has 0 spiro atoms. The van der Waals surface area contributed by atoms with Crippen LogP contribution < -0.4 is 10.3 Å². The highest BCUT2D eigenvalue weighted by molar-refractivity contribution is 5.73. The van der Waals surface area contributed by atoms with E-state index in [1.165, 1.54) is 4.68 Å². The van der Waals surface area contributed by atoms with E-state index in [0.717, 1.165) is 16.8 Å². The summed E-state index contributed by atoms with van der Waals surface area (Å²) in [6.07, 6.45) is 0.682. The lowest BCUT2D eigenvalue weighted by molar-refractivity contribution is 0.361. The van der Waals surface area contributed by atoms with Gasteiger partial charge in [-0.3, -0.25) is 4.79 Å². The third-order valence-electron chi connectivity index (χ3n) is 3.48. The zero-order valence-corrected chi connectivity index (χ0v) is 13.4. The van der Waals surface area contributed by atoms with Crippen LogP contribution in [0.2, 0.25) is 0 Å². The van der Waals surface area contributed by atoms with Gasteiger partial charge in [-0.2, -0.15) is 5.10 Å². The first-order valence-corrected chi connectivity index (χ1v) is 7.28. The van der Waals surface area contributed by atoms with Crippen molar-refractivity contribution in [2.24, 2.45) is 7.05 Å². The smallest absolute Gasteiger partial charge is 0.278 e. The lowest BCUT2D eigenvalue weighted by Crippen LogP contribution is -2.24. The summed E-state index contributed by atoms with van der Waals surface area (Å²) >= 11 is 0. The van der Waals surface area contributed by atoms with E-state index in [4.69, 9.17) is 4.74 Å². The van der Waals surface area contributed by atoms with Gasteiger partial charge in [-0.15, -0.1) is 5.92 Å². The fraction of sp³-hybridized carbons (Fsp3) is 0.333. The van der Waals surface area contributed by atoms with Gasteiger partial charge in [0, 0.05) is 7.05 Å². The summed E-state index contributed by atoms with van der Waals surface area (Å²) < 4.78 is 7.17. The SMILES string of the molecule is CC#CCOc1c(CC)nn(C)c(=O)c1-c1ccccc1C. The first-order valence-electron chi connectivity index (χ1n) is 7.28. The summed E-state index contributed by atoms with van der Waals surface area (Å²) in [5.41, 5.74) is 3.06. The van der Waals surface area contributed by atoms with Gasteiger partial charge in [0.15, 0.2) is 5.75 Å². The van der Waals surface area contributed by atoms with E-state index in [-0.39, 0.29) is 12.2 Å². The Balaban J connectivity index is 2.73. The molecule has 0 bridgehead atoms. The van der Waals surface area contributed by atoms with Gasteiger partial charge in [-0.25, -0.2) is 4.68 Å². The molecule has 114 valence electrons. The Morgan fingerprint density at radius 1 is 1.32 bits per heavy atom. The number of ether oxygens (including phenoxy) is 1. The summed E-state index contributed by atoms with van der Waals surface area (Å²) in [6.45, 7) is 5.98. The van der Waals surface area contributed by atoms with E-state index in [1.807, 2.05) is 38.1 Å². The van der Waals surface area contributed by atoms with Crippen molar-refractivity contribution in [3.63, 3.8) is 0 Å². The number of aromatic nitrogens is 2. The van der Waals surface area contributed by atoms with Crippen LogP contribution in [0.1, 0.15) is 25.1 Å². The van der Waals surface area contributed by atoms with Crippen LogP contribution in [0, 0.1) is 18.8 Å². The number of hydrogen-bond donors (Lipinski definition) is 0. The number of benzene rings is 1. The van der Waals surface area contributed by atoms with E-state index >= 15 is 0 Å². The minimum atomic E-state index is -0.161.